The van der Waals surface area contributed by atoms with Crippen molar-refractivity contribution in [3.8, 4) is 11.5 Å². The van der Waals surface area contributed by atoms with Crippen LogP contribution < -0.4 is 14.8 Å². The van der Waals surface area contributed by atoms with Gasteiger partial charge in [0.2, 0.25) is 0 Å². The molecule has 0 saturated carbocycles. The Kier molecular flexibility index (Phi) is 7.36. The van der Waals surface area contributed by atoms with Gasteiger partial charge in [0.25, 0.3) is 5.91 Å². The van der Waals surface area contributed by atoms with Crippen LogP contribution in [0.2, 0.25) is 0 Å². The van der Waals surface area contributed by atoms with E-state index in [1.807, 2.05) is 51.1 Å². The molecular weight excluding hydrogens is 495 g/mol. The number of aryl methyl sites for hydroxylation is 1. The average Bonchev–Trinajstić information content (AvgIpc) is 2.95. The second kappa shape index (κ2) is 9.97. The minimum Gasteiger partial charge on any atom is -0.490 e. The number of hydrogen-bond acceptors (Lipinski definition) is 4. The zero-order valence-electron chi connectivity index (χ0n) is 17.3. The van der Waals surface area contributed by atoms with E-state index in [2.05, 4.69) is 34.0 Å². The number of amides is 3. The van der Waals surface area contributed by atoms with Crippen LogP contribution in [0.5, 0.6) is 11.5 Å². The van der Waals surface area contributed by atoms with Gasteiger partial charge < -0.3 is 14.8 Å². The minimum atomic E-state index is -0.383. The van der Waals surface area contributed by atoms with Crippen LogP contribution in [0.15, 0.2) is 42.1 Å². The molecule has 0 atom stereocenters. The zero-order chi connectivity index (χ0) is 21.7. The van der Waals surface area contributed by atoms with Crippen molar-refractivity contribution in [1.29, 1.82) is 0 Å². The predicted molar refractivity (Wildman–Crippen MR) is 124 cm³/mol. The number of nitrogens with zero attached hydrogens (tertiary/aromatic N) is 1. The molecule has 1 fully saturated rings. The first-order valence-corrected chi connectivity index (χ1v) is 11.0. The Balaban J connectivity index is 1.86. The fourth-order valence-corrected chi connectivity index (χ4v) is 3.98. The molecule has 158 valence electrons. The molecule has 0 bridgehead atoms. The second-order valence-electron chi connectivity index (χ2n) is 6.99. The minimum absolute atomic E-state index is 0.264. The summed E-state index contributed by atoms with van der Waals surface area (Å²) < 4.78 is 12.7. The molecule has 7 heteroatoms. The fraction of sp³-hybridized carbons (Fsp3) is 0.304. The SMILES string of the molecule is CCCN1C(=O)N/C(=C/c2cc(I)c(OCc3cccc(C)c3)c(OCC)c2)C1=O. The number of hydrogen-bond donors (Lipinski definition) is 1. The molecule has 1 aliphatic heterocycles. The summed E-state index contributed by atoms with van der Waals surface area (Å²) in [5.41, 5.74) is 3.28. The van der Waals surface area contributed by atoms with E-state index in [1.165, 1.54) is 10.5 Å². The number of carbonyl (C=O) groups is 2. The molecule has 3 amide bonds. The average molecular weight is 520 g/mol. The lowest BCUT2D eigenvalue weighted by molar-refractivity contribution is -0.122. The van der Waals surface area contributed by atoms with Gasteiger partial charge in [-0.2, -0.15) is 0 Å². The molecule has 0 aliphatic carbocycles. The van der Waals surface area contributed by atoms with Crippen LogP contribution in [0.1, 0.15) is 37.0 Å². The normalized spacial score (nSPS) is 14.9. The van der Waals surface area contributed by atoms with Crippen LogP contribution in [0.4, 0.5) is 4.79 Å². The first kappa shape index (κ1) is 22.1. The number of benzene rings is 2. The van der Waals surface area contributed by atoms with E-state index in [1.54, 1.807) is 6.08 Å². The van der Waals surface area contributed by atoms with E-state index in [9.17, 15) is 9.59 Å². The van der Waals surface area contributed by atoms with Gasteiger partial charge in [-0.05, 0) is 72.2 Å². The van der Waals surface area contributed by atoms with E-state index in [4.69, 9.17) is 9.47 Å². The molecule has 0 aromatic heterocycles. The Morgan fingerprint density at radius 1 is 1.13 bits per heavy atom. The van der Waals surface area contributed by atoms with Crippen LogP contribution in [-0.2, 0) is 11.4 Å². The highest BCUT2D eigenvalue weighted by atomic mass is 127. The quantitative estimate of drug-likeness (QED) is 0.306. The number of carbonyl (C=O) groups excluding carboxylic acids is 2. The first-order chi connectivity index (χ1) is 14.4. The highest BCUT2D eigenvalue weighted by Gasteiger charge is 2.32. The smallest absolute Gasteiger partial charge is 0.329 e. The van der Waals surface area contributed by atoms with Gasteiger partial charge in [-0.15, -0.1) is 0 Å². The lowest BCUT2D eigenvalue weighted by Gasteiger charge is -2.15. The van der Waals surface area contributed by atoms with Gasteiger partial charge in [0, 0.05) is 6.54 Å². The number of nitrogens with one attached hydrogen (secondary N) is 1. The van der Waals surface area contributed by atoms with Gasteiger partial charge in [-0.3, -0.25) is 9.69 Å². The van der Waals surface area contributed by atoms with Crippen molar-refractivity contribution in [1.82, 2.24) is 10.2 Å². The number of urea groups is 1. The Morgan fingerprint density at radius 2 is 1.93 bits per heavy atom. The summed E-state index contributed by atoms with van der Waals surface area (Å²) in [6.45, 7) is 7.19. The Morgan fingerprint density at radius 3 is 2.63 bits per heavy atom. The van der Waals surface area contributed by atoms with E-state index < -0.39 is 0 Å². The fourth-order valence-electron chi connectivity index (χ4n) is 3.20. The summed E-state index contributed by atoms with van der Waals surface area (Å²) in [5.74, 6) is 0.955. The molecule has 1 aliphatic rings. The van der Waals surface area contributed by atoms with Gasteiger partial charge in [0.15, 0.2) is 11.5 Å². The molecule has 1 heterocycles. The maximum Gasteiger partial charge on any atom is 0.329 e. The van der Waals surface area contributed by atoms with Crippen LogP contribution >= 0.6 is 22.6 Å². The third-order valence-corrected chi connectivity index (χ3v) is 5.32. The van der Waals surface area contributed by atoms with E-state index in [0.29, 0.717) is 37.7 Å². The van der Waals surface area contributed by atoms with E-state index in [0.717, 1.165) is 14.7 Å². The Hall–Kier alpha value is -2.55. The van der Waals surface area contributed by atoms with Crippen molar-refractivity contribution in [2.75, 3.05) is 13.2 Å². The third-order valence-electron chi connectivity index (χ3n) is 4.52. The van der Waals surface area contributed by atoms with Crippen molar-refractivity contribution in [2.24, 2.45) is 0 Å². The maximum absolute atomic E-state index is 12.5. The number of ether oxygens (including phenoxy) is 2. The Bertz CT molecular complexity index is 987. The Labute approximate surface area is 190 Å². The summed E-state index contributed by atoms with van der Waals surface area (Å²) in [4.78, 5) is 25.7. The van der Waals surface area contributed by atoms with Crippen molar-refractivity contribution in [3.63, 3.8) is 0 Å². The molecule has 1 saturated heterocycles. The van der Waals surface area contributed by atoms with Crippen LogP contribution in [0, 0.1) is 10.5 Å². The number of rotatable bonds is 8. The summed E-state index contributed by atoms with van der Waals surface area (Å²) in [5, 5.41) is 2.65. The number of halogens is 1. The summed E-state index contributed by atoms with van der Waals surface area (Å²) >= 11 is 2.20. The van der Waals surface area contributed by atoms with Crippen molar-refractivity contribution < 1.29 is 19.1 Å². The molecule has 1 N–H and O–H groups in total. The molecular formula is C23H25IN2O4. The predicted octanol–water partition coefficient (Wildman–Crippen LogP) is 4.88. The summed E-state index contributed by atoms with van der Waals surface area (Å²) in [7, 11) is 0. The van der Waals surface area contributed by atoms with Crippen LogP contribution in [-0.4, -0.2) is 30.0 Å². The molecule has 3 rings (SSSR count). The van der Waals surface area contributed by atoms with Gasteiger partial charge in [0.1, 0.15) is 12.3 Å². The van der Waals surface area contributed by atoms with Crippen molar-refractivity contribution in [2.45, 2.75) is 33.8 Å². The van der Waals surface area contributed by atoms with Gasteiger partial charge in [0.05, 0.1) is 10.2 Å². The third kappa shape index (κ3) is 5.13. The lowest BCUT2D eigenvalue weighted by Crippen LogP contribution is -2.31. The van der Waals surface area contributed by atoms with Crippen LogP contribution in [0.3, 0.4) is 0 Å². The van der Waals surface area contributed by atoms with Crippen molar-refractivity contribution >= 4 is 40.6 Å². The van der Waals surface area contributed by atoms with E-state index >= 15 is 0 Å². The zero-order valence-corrected chi connectivity index (χ0v) is 19.5. The lowest BCUT2D eigenvalue weighted by atomic mass is 10.1. The monoisotopic (exact) mass is 520 g/mol. The standard InChI is InChI=1S/C23H25IN2O4/c1-4-9-26-22(27)19(25-23(26)28)12-17-11-18(24)21(20(13-17)29-5-2)30-14-16-8-6-7-15(3)10-16/h6-8,10-13H,4-5,9,14H2,1-3H3,(H,25,28)/b19-12+. The van der Waals surface area contributed by atoms with Gasteiger partial charge >= 0.3 is 6.03 Å². The molecule has 30 heavy (non-hydrogen) atoms. The van der Waals surface area contributed by atoms with Crippen molar-refractivity contribution in [3.05, 3.63) is 62.4 Å². The van der Waals surface area contributed by atoms with Gasteiger partial charge in [-0.1, -0.05) is 36.8 Å². The van der Waals surface area contributed by atoms with Crippen LogP contribution in [0.25, 0.3) is 6.08 Å². The molecule has 0 unspecified atom stereocenters. The molecule has 2 aromatic rings. The molecule has 0 radical (unpaired) electrons. The largest absolute Gasteiger partial charge is 0.490 e. The topological polar surface area (TPSA) is 67.9 Å². The van der Waals surface area contributed by atoms with Gasteiger partial charge in [-0.25, -0.2) is 4.79 Å². The highest BCUT2D eigenvalue weighted by molar-refractivity contribution is 14.1. The highest BCUT2D eigenvalue weighted by Crippen LogP contribution is 2.35. The summed E-state index contributed by atoms with van der Waals surface area (Å²) in [6, 6.07) is 11.5. The maximum atomic E-state index is 12.5. The second-order valence-corrected chi connectivity index (χ2v) is 8.15. The van der Waals surface area contributed by atoms with E-state index in [-0.39, 0.29) is 17.6 Å². The molecule has 2 aromatic carbocycles. The first-order valence-electron chi connectivity index (χ1n) is 9.92. The molecule has 0 spiro atoms. The summed E-state index contributed by atoms with van der Waals surface area (Å²) in [6.07, 6.45) is 2.39. The molecule has 6 nitrogen and oxygen atoms in total. The number of imide groups is 1.